The molecule has 0 radical (unpaired) electrons. The predicted molar refractivity (Wildman–Crippen MR) is 78.4 cm³/mol. The number of phenols is 1. The van der Waals surface area contributed by atoms with Gasteiger partial charge >= 0.3 is 0 Å². The molecule has 0 aliphatic heterocycles. The van der Waals surface area contributed by atoms with Gasteiger partial charge in [0, 0.05) is 0 Å². The first-order valence-corrected chi connectivity index (χ1v) is 6.91. The van der Waals surface area contributed by atoms with Gasteiger partial charge in [-0.15, -0.1) is 0 Å². The number of benzene rings is 1. The second-order valence-corrected chi connectivity index (χ2v) is 5.57. The Labute approximate surface area is 116 Å². The number of rotatable bonds is 7. The lowest BCUT2D eigenvalue weighted by Gasteiger charge is -2.26. The summed E-state index contributed by atoms with van der Waals surface area (Å²) in [5.41, 5.74) is 1.18. The summed E-state index contributed by atoms with van der Waals surface area (Å²) < 4.78 is 10.4. The maximum absolute atomic E-state index is 9.94. The van der Waals surface area contributed by atoms with Gasteiger partial charge in [-0.05, 0) is 29.5 Å². The molecule has 1 N–H and O–H groups in total. The molecular formula is C16H26O3. The number of phenolic OH excluding ortho intramolecular Hbond substituents is 1. The second-order valence-electron chi connectivity index (χ2n) is 5.57. The van der Waals surface area contributed by atoms with E-state index in [2.05, 4.69) is 20.8 Å². The van der Waals surface area contributed by atoms with Crippen molar-refractivity contribution in [3.63, 3.8) is 0 Å². The smallest absolute Gasteiger partial charge is 0.200 e. The highest BCUT2D eigenvalue weighted by molar-refractivity contribution is 5.54. The molecule has 0 aliphatic rings. The Balaban J connectivity index is 3.04. The zero-order valence-electron chi connectivity index (χ0n) is 12.7. The maximum Gasteiger partial charge on any atom is 0.200 e. The summed E-state index contributed by atoms with van der Waals surface area (Å²) in [6.07, 6.45) is 4.78. The van der Waals surface area contributed by atoms with Gasteiger partial charge in [0.1, 0.15) is 0 Å². The molecule has 0 fully saturated rings. The Morgan fingerprint density at radius 1 is 1.05 bits per heavy atom. The van der Waals surface area contributed by atoms with Crippen molar-refractivity contribution in [1.29, 1.82) is 0 Å². The Morgan fingerprint density at radius 3 is 2.00 bits per heavy atom. The highest BCUT2D eigenvalue weighted by Crippen LogP contribution is 2.41. The summed E-state index contributed by atoms with van der Waals surface area (Å²) in [4.78, 5) is 0. The van der Waals surface area contributed by atoms with E-state index in [9.17, 15) is 5.11 Å². The lowest BCUT2D eigenvalue weighted by molar-refractivity contribution is 0.336. The van der Waals surface area contributed by atoms with Crippen LogP contribution >= 0.6 is 0 Å². The molecule has 19 heavy (non-hydrogen) atoms. The molecule has 0 saturated carbocycles. The van der Waals surface area contributed by atoms with E-state index in [1.807, 2.05) is 12.1 Å². The fourth-order valence-corrected chi connectivity index (χ4v) is 2.25. The van der Waals surface area contributed by atoms with Crippen LogP contribution in [-0.4, -0.2) is 19.3 Å². The van der Waals surface area contributed by atoms with Crippen LogP contribution in [0.15, 0.2) is 12.1 Å². The number of methoxy groups -OCH3 is 2. The van der Waals surface area contributed by atoms with E-state index in [-0.39, 0.29) is 11.2 Å². The lowest BCUT2D eigenvalue weighted by atomic mass is 9.80. The van der Waals surface area contributed by atoms with Crippen molar-refractivity contribution in [3.05, 3.63) is 17.7 Å². The normalized spacial score (nSPS) is 11.4. The molecule has 0 amide bonds. The van der Waals surface area contributed by atoms with Crippen molar-refractivity contribution in [1.82, 2.24) is 0 Å². The van der Waals surface area contributed by atoms with Crippen molar-refractivity contribution in [2.75, 3.05) is 14.2 Å². The molecule has 0 spiro atoms. The standard InChI is InChI=1S/C16H26O3/c1-6-7-8-9-16(2,3)12-10-13(18-4)15(17)14(11-12)19-5/h10-11,17H,6-9H2,1-5H3. The third kappa shape index (κ3) is 3.79. The van der Waals surface area contributed by atoms with Crippen LogP contribution in [0.5, 0.6) is 17.2 Å². The van der Waals surface area contributed by atoms with E-state index in [1.165, 1.54) is 19.3 Å². The van der Waals surface area contributed by atoms with Crippen molar-refractivity contribution in [3.8, 4) is 17.2 Å². The van der Waals surface area contributed by atoms with Crippen LogP contribution in [0, 0.1) is 0 Å². The van der Waals surface area contributed by atoms with E-state index in [4.69, 9.17) is 9.47 Å². The monoisotopic (exact) mass is 266 g/mol. The Morgan fingerprint density at radius 2 is 1.58 bits per heavy atom. The van der Waals surface area contributed by atoms with Crippen molar-refractivity contribution in [2.45, 2.75) is 51.9 Å². The Kier molecular flexibility index (Phi) is 5.52. The molecule has 0 heterocycles. The van der Waals surface area contributed by atoms with Crippen molar-refractivity contribution < 1.29 is 14.6 Å². The summed E-state index contributed by atoms with van der Waals surface area (Å²) in [6.45, 7) is 6.64. The van der Waals surface area contributed by atoms with Crippen LogP contribution in [0.2, 0.25) is 0 Å². The summed E-state index contributed by atoms with van der Waals surface area (Å²) in [5.74, 6) is 1.01. The molecule has 0 aromatic heterocycles. The fraction of sp³-hybridized carbons (Fsp3) is 0.625. The second kappa shape index (κ2) is 6.69. The van der Waals surface area contributed by atoms with Gasteiger partial charge in [0.25, 0.3) is 0 Å². The summed E-state index contributed by atoms with van der Waals surface area (Å²) in [5, 5.41) is 9.94. The van der Waals surface area contributed by atoms with E-state index < -0.39 is 0 Å². The zero-order chi connectivity index (χ0) is 14.5. The van der Waals surface area contributed by atoms with Gasteiger partial charge in [-0.1, -0.05) is 40.0 Å². The molecule has 0 unspecified atom stereocenters. The molecule has 3 heteroatoms. The summed E-state index contributed by atoms with van der Waals surface area (Å²) in [7, 11) is 3.12. The third-order valence-electron chi connectivity index (χ3n) is 3.67. The average molecular weight is 266 g/mol. The number of unbranched alkanes of at least 4 members (excludes halogenated alkanes) is 2. The van der Waals surface area contributed by atoms with Gasteiger partial charge in [-0.3, -0.25) is 0 Å². The van der Waals surface area contributed by atoms with Crippen LogP contribution in [0.25, 0.3) is 0 Å². The van der Waals surface area contributed by atoms with E-state index in [0.29, 0.717) is 11.5 Å². The lowest BCUT2D eigenvalue weighted by Crippen LogP contribution is -2.17. The number of hydrogen-bond acceptors (Lipinski definition) is 3. The van der Waals surface area contributed by atoms with Gasteiger partial charge in [-0.2, -0.15) is 0 Å². The molecule has 0 bridgehead atoms. The fourth-order valence-electron chi connectivity index (χ4n) is 2.25. The Hall–Kier alpha value is -1.38. The molecule has 1 aromatic rings. The van der Waals surface area contributed by atoms with E-state index >= 15 is 0 Å². The molecule has 0 saturated heterocycles. The highest BCUT2D eigenvalue weighted by atomic mass is 16.5. The van der Waals surface area contributed by atoms with Gasteiger partial charge < -0.3 is 14.6 Å². The number of ether oxygens (including phenoxy) is 2. The minimum Gasteiger partial charge on any atom is -0.502 e. The SMILES string of the molecule is CCCCCC(C)(C)c1cc(OC)c(O)c(OC)c1. The largest absolute Gasteiger partial charge is 0.502 e. The minimum absolute atomic E-state index is 0.0451. The predicted octanol–water partition coefficient (Wildman–Crippen LogP) is 4.27. The molecule has 108 valence electrons. The van der Waals surface area contributed by atoms with Gasteiger partial charge in [0.05, 0.1) is 14.2 Å². The molecule has 1 rings (SSSR count). The van der Waals surface area contributed by atoms with Crippen molar-refractivity contribution >= 4 is 0 Å². The van der Waals surface area contributed by atoms with Crippen LogP contribution in [-0.2, 0) is 5.41 Å². The first-order chi connectivity index (χ1) is 8.96. The maximum atomic E-state index is 9.94. The first-order valence-electron chi connectivity index (χ1n) is 6.91. The highest BCUT2D eigenvalue weighted by Gasteiger charge is 2.23. The number of hydrogen-bond donors (Lipinski definition) is 1. The summed E-state index contributed by atoms with van der Waals surface area (Å²) in [6, 6.07) is 3.81. The third-order valence-corrected chi connectivity index (χ3v) is 3.67. The molecule has 3 nitrogen and oxygen atoms in total. The average Bonchev–Trinajstić information content (AvgIpc) is 2.39. The summed E-state index contributed by atoms with van der Waals surface area (Å²) >= 11 is 0. The quantitative estimate of drug-likeness (QED) is 0.749. The van der Waals surface area contributed by atoms with Crippen LogP contribution in [0.3, 0.4) is 0 Å². The molecule has 1 aromatic carbocycles. The molecular weight excluding hydrogens is 240 g/mol. The zero-order valence-corrected chi connectivity index (χ0v) is 12.7. The minimum atomic E-state index is 0.0451. The van der Waals surface area contributed by atoms with Crippen LogP contribution < -0.4 is 9.47 Å². The van der Waals surface area contributed by atoms with Gasteiger partial charge in [0.15, 0.2) is 11.5 Å². The van der Waals surface area contributed by atoms with E-state index in [1.54, 1.807) is 14.2 Å². The molecule has 0 aliphatic carbocycles. The Bertz CT molecular complexity index is 385. The van der Waals surface area contributed by atoms with Crippen LogP contribution in [0.4, 0.5) is 0 Å². The van der Waals surface area contributed by atoms with Crippen molar-refractivity contribution in [2.24, 2.45) is 0 Å². The topological polar surface area (TPSA) is 38.7 Å². The van der Waals surface area contributed by atoms with Gasteiger partial charge in [0.2, 0.25) is 5.75 Å². The van der Waals surface area contributed by atoms with Crippen LogP contribution in [0.1, 0.15) is 52.0 Å². The first kappa shape index (κ1) is 15.7. The molecule has 0 atom stereocenters. The van der Waals surface area contributed by atoms with E-state index in [0.717, 1.165) is 12.0 Å². The van der Waals surface area contributed by atoms with Gasteiger partial charge in [-0.25, -0.2) is 0 Å². The number of aromatic hydroxyl groups is 1.